The molecule has 6 aromatic carbocycles. The molecule has 0 radical (unpaired) electrons. The van der Waals surface area contributed by atoms with E-state index in [0.717, 1.165) is 11.1 Å². The number of benzene rings is 6. The summed E-state index contributed by atoms with van der Waals surface area (Å²) in [6, 6.07) is 24.7. The van der Waals surface area contributed by atoms with E-state index >= 15 is 0 Å². The summed E-state index contributed by atoms with van der Waals surface area (Å²) in [5.41, 5.74) is -16.0. The zero-order valence-electron chi connectivity index (χ0n) is 68.5. The van der Waals surface area contributed by atoms with Crippen LogP contribution in [0.1, 0.15) is 174 Å². The Morgan fingerprint density at radius 3 is 1.85 bits per heavy atom. The van der Waals surface area contributed by atoms with E-state index in [1.165, 1.54) is 29.0 Å². The fourth-order valence-electron chi connectivity index (χ4n) is 7.89. The molecule has 0 aliphatic rings. The maximum absolute atomic E-state index is 13.1. The van der Waals surface area contributed by atoms with Gasteiger partial charge in [0.15, 0.2) is 0 Å². The molecular formula is C62H68N3OPt-. The quantitative estimate of drug-likeness (QED) is 0.169. The van der Waals surface area contributed by atoms with Gasteiger partial charge in [0.25, 0.3) is 0 Å². The van der Waals surface area contributed by atoms with Crippen LogP contribution >= 0.6 is 0 Å². The molecule has 0 aliphatic carbocycles. The monoisotopic (exact) mass is 1100 g/mol. The van der Waals surface area contributed by atoms with Crippen LogP contribution in [0.15, 0.2) is 133 Å². The van der Waals surface area contributed by atoms with Crippen molar-refractivity contribution < 1.29 is 68.7 Å². The van der Waals surface area contributed by atoms with Crippen LogP contribution in [0.25, 0.3) is 72.7 Å². The molecule has 0 amide bonds. The Morgan fingerprint density at radius 1 is 0.537 bits per heavy atom. The van der Waals surface area contributed by atoms with Crippen molar-refractivity contribution in [3.05, 3.63) is 167 Å². The standard InChI is InChI=1S/C62H68N3O.Pt/c1-58(2,3)44-26-24-39(25-27-44)41-30-31-63-53(35-41)43-32-42(33-45(34-43)59(4,5)6)49-22-19-23-54-55(49)64-57(50-36-46(60(7,8)9)37-52(56(50)66)62(13,14)15)65(54)47-28-29-48(40-20-17-16-18-21-40)51(38-47)61(10,11)12;/h16-31,33-38,66H,1-15H3;/q-1;/i1D3,2D3,3D3,7D3,8D3,9D3,13D3,14D3,15D3,24D,25D,26D,27D;. The van der Waals surface area contributed by atoms with Crippen LogP contribution in [0, 0.1) is 6.07 Å². The molecule has 0 unspecified atom stereocenters. The van der Waals surface area contributed by atoms with Crippen molar-refractivity contribution in [3.8, 4) is 67.5 Å². The SMILES string of the molecule is [2H]c1c([2H])c(C(C([2H])([2H])[2H])(C([2H])([2H])[2H])C([2H])([2H])[2H])c([2H])c([2H])c1-c1ccnc(-c2[c-]c(-c3cccc4c3nc(-c3cc(C(C([2H])([2H])[2H])(C([2H])([2H])[2H])C([2H])([2H])[2H])cc(C(C([2H])([2H])[2H])(C([2H])([2H])[2H])C([2H])([2H])[2H])c3O)n4-c3ccc(-c4ccccc4)c(C(C)(C)C)c3)cc(C(C)(C)C)c2)c1.[Pt]. The van der Waals surface area contributed by atoms with Gasteiger partial charge >= 0.3 is 0 Å². The largest absolute Gasteiger partial charge is 0.507 e. The van der Waals surface area contributed by atoms with E-state index in [2.05, 4.69) is 11.1 Å². The average molecular weight is 1100 g/mol. The van der Waals surface area contributed by atoms with Crippen LogP contribution in [0.5, 0.6) is 5.75 Å². The van der Waals surface area contributed by atoms with E-state index in [9.17, 15) is 7.85 Å². The molecule has 8 aromatic rings. The molecule has 2 heterocycles. The third-order valence-corrected chi connectivity index (χ3v) is 11.4. The topological polar surface area (TPSA) is 50.9 Å². The van der Waals surface area contributed by atoms with Crippen molar-refractivity contribution in [2.24, 2.45) is 0 Å². The molecular weight excluding hydrogens is 998 g/mol. The van der Waals surface area contributed by atoms with Gasteiger partial charge in [-0.1, -0.05) is 199 Å². The van der Waals surface area contributed by atoms with Gasteiger partial charge in [-0.25, -0.2) is 4.98 Å². The molecule has 0 atom stereocenters. The second-order valence-corrected chi connectivity index (χ2v) is 18.6. The maximum atomic E-state index is 13.1. The van der Waals surface area contributed by atoms with Gasteiger partial charge in [-0.3, -0.25) is 9.55 Å². The summed E-state index contributed by atoms with van der Waals surface area (Å²) in [7, 11) is 0. The summed E-state index contributed by atoms with van der Waals surface area (Å²) < 4.78 is 270. The molecule has 348 valence electrons. The van der Waals surface area contributed by atoms with Gasteiger partial charge in [0.05, 0.1) is 22.1 Å². The maximum Gasteiger partial charge on any atom is 0.148 e. The van der Waals surface area contributed by atoms with Gasteiger partial charge in [-0.05, 0) is 96.4 Å². The summed E-state index contributed by atoms with van der Waals surface area (Å²) in [6.45, 7) is -25.7. The summed E-state index contributed by atoms with van der Waals surface area (Å²) in [5, 5.41) is 13.1. The minimum Gasteiger partial charge on any atom is -0.507 e. The second-order valence-electron chi connectivity index (χ2n) is 18.6. The van der Waals surface area contributed by atoms with Gasteiger partial charge in [0, 0.05) is 81.2 Å². The third-order valence-electron chi connectivity index (χ3n) is 11.4. The number of aromatic hydroxyl groups is 1. The van der Waals surface area contributed by atoms with Gasteiger partial charge in [0.1, 0.15) is 11.6 Å². The number of hydrogen-bond donors (Lipinski definition) is 1. The number of hydrogen-bond acceptors (Lipinski definition) is 3. The van der Waals surface area contributed by atoms with Crippen LogP contribution in [0.2, 0.25) is 0 Å². The van der Waals surface area contributed by atoms with E-state index < -0.39 is 152 Å². The first kappa shape index (κ1) is 23.2. The first-order valence-electron chi connectivity index (χ1n) is 36.5. The Balaban J connectivity index is 0.0000135. The number of phenols is 1. The van der Waals surface area contributed by atoms with Crippen molar-refractivity contribution in [3.63, 3.8) is 0 Å². The molecule has 5 heteroatoms. The minimum atomic E-state index is -4.25. The van der Waals surface area contributed by atoms with Crippen molar-refractivity contribution in [1.82, 2.24) is 14.5 Å². The second kappa shape index (κ2) is 17.8. The minimum absolute atomic E-state index is 0. The smallest absolute Gasteiger partial charge is 0.148 e. The third kappa shape index (κ3) is 10.0. The molecule has 4 nitrogen and oxygen atoms in total. The summed E-state index contributed by atoms with van der Waals surface area (Å²) in [6.07, 6.45) is 1.23. The Hall–Kier alpha value is -5.57. The molecule has 0 saturated heterocycles. The summed E-state index contributed by atoms with van der Waals surface area (Å²) in [4.78, 5) is 9.66. The summed E-state index contributed by atoms with van der Waals surface area (Å²) >= 11 is 0. The van der Waals surface area contributed by atoms with Crippen LogP contribution in [-0.4, -0.2) is 19.6 Å². The van der Waals surface area contributed by atoms with Crippen molar-refractivity contribution in [2.75, 3.05) is 0 Å². The van der Waals surface area contributed by atoms with E-state index in [-0.39, 0.29) is 71.8 Å². The van der Waals surface area contributed by atoms with E-state index in [1.807, 2.05) is 71.9 Å². The van der Waals surface area contributed by atoms with Crippen LogP contribution in [-0.2, 0) is 48.1 Å². The fourth-order valence-corrected chi connectivity index (χ4v) is 7.89. The Labute approximate surface area is 458 Å². The average Bonchev–Trinajstić information content (AvgIpc) is 0.750. The molecule has 0 spiro atoms. The van der Waals surface area contributed by atoms with Gasteiger partial charge < -0.3 is 5.11 Å². The van der Waals surface area contributed by atoms with E-state index in [0.29, 0.717) is 17.2 Å². The predicted octanol–water partition coefficient (Wildman–Crippen LogP) is 16.7. The van der Waals surface area contributed by atoms with Crippen LogP contribution in [0.4, 0.5) is 0 Å². The van der Waals surface area contributed by atoms with Crippen molar-refractivity contribution in [2.45, 2.75) is 130 Å². The molecule has 67 heavy (non-hydrogen) atoms. The van der Waals surface area contributed by atoms with E-state index in [4.69, 9.17) is 44.7 Å². The number of para-hydroxylation sites is 1. The van der Waals surface area contributed by atoms with Crippen molar-refractivity contribution in [1.29, 1.82) is 0 Å². The number of imidazole rings is 1. The Bertz CT molecular complexity index is 4220. The molecule has 8 rings (SSSR count). The van der Waals surface area contributed by atoms with E-state index in [1.54, 1.807) is 42.5 Å². The summed E-state index contributed by atoms with van der Waals surface area (Å²) in [5.74, 6) is -2.04. The molecule has 2 aromatic heterocycles. The number of aromatic nitrogens is 3. The van der Waals surface area contributed by atoms with Crippen molar-refractivity contribution >= 4 is 11.0 Å². The zero-order chi connectivity index (χ0) is 73.7. The number of rotatable bonds is 6. The van der Waals surface area contributed by atoms with Gasteiger partial charge in [0.2, 0.25) is 0 Å². The number of phenolic OH excluding ortho intramolecular Hbond substituents is 1. The van der Waals surface area contributed by atoms with Crippen LogP contribution in [0.3, 0.4) is 0 Å². The normalized spacial score (nSPS) is 21.1. The number of fused-ring (bicyclic) bond motifs is 1. The molecule has 0 saturated carbocycles. The Morgan fingerprint density at radius 2 is 1.19 bits per heavy atom. The molecule has 1 N–H and O–H groups in total. The zero-order valence-corrected chi connectivity index (χ0v) is 39.8. The number of nitrogens with zero attached hydrogens (tertiary/aromatic N) is 3. The predicted molar refractivity (Wildman–Crippen MR) is 280 cm³/mol. The fraction of sp³-hybridized carbons (Fsp3) is 0.323. The molecule has 0 fully saturated rings. The van der Waals surface area contributed by atoms with Crippen LogP contribution < -0.4 is 0 Å². The molecule has 0 bridgehead atoms. The van der Waals surface area contributed by atoms with Gasteiger partial charge in [-0.2, -0.15) is 0 Å². The molecule has 0 aliphatic heterocycles. The Kier molecular flexibility index (Phi) is 6.16. The first-order chi connectivity index (χ1) is 43.7. The van der Waals surface area contributed by atoms with Gasteiger partial charge in [-0.15, -0.1) is 29.3 Å². The number of pyridine rings is 1. The first-order valence-corrected chi connectivity index (χ1v) is 21.0.